The summed E-state index contributed by atoms with van der Waals surface area (Å²) in [6.45, 7) is 5.26. The maximum atomic E-state index is 12.2. The number of furan rings is 1. The summed E-state index contributed by atoms with van der Waals surface area (Å²) in [5, 5.41) is 2.13. The quantitative estimate of drug-likeness (QED) is 0.740. The zero-order valence-corrected chi connectivity index (χ0v) is 15.5. The number of unbranched alkanes of at least 4 members (excludes halogenated alkanes) is 1. The van der Waals surface area contributed by atoms with Gasteiger partial charge >= 0.3 is 0 Å². The van der Waals surface area contributed by atoms with Gasteiger partial charge in [-0.15, -0.1) is 0 Å². The second-order valence-corrected chi connectivity index (χ2v) is 8.35. The third kappa shape index (κ3) is 5.35. The molecule has 2 rings (SSSR count). The first kappa shape index (κ1) is 19.1. The molecule has 0 aliphatic rings. The predicted molar refractivity (Wildman–Crippen MR) is 99.4 cm³/mol. The van der Waals surface area contributed by atoms with E-state index in [0.717, 1.165) is 19.3 Å². The van der Waals surface area contributed by atoms with Crippen LogP contribution in [0.25, 0.3) is 0 Å². The summed E-state index contributed by atoms with van der Waals surface area (Å²) in [6, 6.07) is 10.5. The van der Waals surface area contributed by atoms with Gasteiger partial charge < -0.3 is 9.73 Å². The summed E-state index contributed by atoms with van der Waals surface area (Å²) in [5.74, 6) is -0.374. The Morgan fingerprint density at radius 1 is 1.12 bits per heavy atom. The van der Waals surface area contributed by atoms with E-state index in [2.05, 4.69) is 17.0 Å². The molecule has 0 saturated carbocycles. The molecule has 0 unspecified atom stereocenters. The van der Waals surface area contributed by atoms with Crippen molar-refractivity contribution in [3.63, 3.8) is 0 Å². The van der Waals surface area contributed by atoms with E-state index in [1.165, 1.54) is 17.7 Å². The van der Waals surface area contributed by atoms with Gasteiger partial charge in [0.05, 0.1) is 5.25 Å². The standard InChI is InChI=1S/C18H24N2O4S/c1-4-5-6-14-7-9-15(10-8-14)19-18(21)16-11-12-17(24-16)20-25(22,23)13(2)3/h7-13,20H,4-6H2,1-3H3,(H,19,21). The van der Waals surface area contributed by atoms with Crippen LogP contribution in [0.5, 0.6) is 0 Å². The summed E-state index contributed by atoms with van der Waals surface area (Å²) in [5.41, 5.74) is 1.88. The normalized spacial score (nSPS) is 11.5. The van der Waals surface area contributed by atoms with E-state index in [1.807, 2.05) is 24.3 Å². The Morgan fingerprint density at radius 3 is 2.40 bits per heavy atom. The number of sulfonamides is 1. The number of carbonyl (C=O) groups is 1. The highest BCUT2D eigenvalue weighted by atomic mass is 32.2. The topological polar surface area (TPSA) is 88.4 Å². The average molecular weight is 364 g/mol. The van der Waals surface area contributed by atoms with Gasteiger partial charge in [0.25, 0.3) is 5.91 Å². The number of carbonyl (C=O) groups excluding carboxylic acids is 1. The summed E-state index contributed by atoms with van der Waals surface area (Å²) >= 11 is 0. The molecule has 0 aliphatic carbocycles. The zero-order valence-electron chi connectivity index (χ0n) is 14.7. The molecule has 7 heteroatoms. The van der Waals surface area contributed by atoms with Crippen LogP contribution in [0.2, 0.25) is 0 Å². The molecule has 1 aromatic carbocycles. The van der Waals surface area contributed by atoms with E-state index in [4.69, 9.17) is 4.42 Å². The summed E-state index contributed by atoms with van der Waals surface area (Å²) in [7, 11) is -3.51. The number of anilines is 2. The second kappa shape index (κ2) is 8.20. The molecule has 0 saturated heterocycles. The van der Waals surface area contributed by atoms with Gasteiger partial charge in [0.1, 0.15) is 0 Å². The molecule has 1 aromatic heterocycles. The van der Waals surface area contributed by atoms with Crippen LogP contribution in [-0.2, 0) is 16.4 Å². The number of hydrogen-bond donors (Lipinski definition) is 2. The predicted octanol–water partition coefficient (Wildman–Crippen LogP) is 4.02. The van der Waals surface area contributed by atoms with Gasteiger partial charge in [0, 0.05) is 11.8 Å². The van der Waals surface area contributed by atoms with Crippen molar-refractivity contribution in [3.8, 4) is 0 Å². The van der Waals surface area contributed by atoms with Crippen LogP contribution in [-0.4, -0.2) is 19.6 Å². The first-order valence-electron chi connectivity index (χ1n) is 8.33. The van der Waals surface area contributed by atoms with Crippen LogP contribution >= 0.6 is 0 Å². The highest BCUT2D eigenvalue weighted by Gasteiger charge is 2.19. The fraction of sp³-hybridized carbons (Fsp3) is 0.389. The van der Waals surface area contributed by atoms with Crippen LogP contribution in [0.4, 0.5) is 11.6 Å². The van der Waals surface area contributed by atoms with Crippen LogP contribution in [0, 0.1) is 0 Å². The molecule has 0 spiro atoms. The monoisotopic (exact) mass is 364 g/mol. The maximum absolute atomic E-state index is 12.2. The average Bonchev–Trinajstić information content (AvgIpc) is 3.02. The van der Waals surface area contributed by atoms with Crippen molar-refractivity contribution in [3.05, 3.63) is 47.7 Å². The van der Waals surface area contributed by atoms with Gasteiger partial charge in [-0.1, -0.05) is 25.5 Å². The number of aryl methyl sites for hydroxylation is 1. The van der Waals surface area contributed by atoms with Crippen molar-refractivity contribution >= 4 is 27.5 Å². The Labute approximate surface area is 148 Å². The fourth-order valence-corrected chi connectivity index (χ4v) is 2.73. The Balaban J connectivity index is 1.99. The van der Waals surface area contributed by atoms with E-state index in [0.29, 0.717) is 5.69 Å². The van der Waals surface area contributed by atoms with E-state index in [9.17, 15) is 13.2 Å². The number of hydrogen-bond acceptors (Lipinski definition) is 4. The molecular weight excluding hydrogens is 340 g/mol. The van der Waals surface area contributed by atoms with Crippen molar-refractivity contribution in [2.45, 2.75) is 45.3 Å². The van der Waals surface area contributed by atoms with Gasteiger partial charge in [-0.25, -0.2) is 8.42 Å². The molecule has 0 radical (unpaired) electrons. The highest BCUT2D eigenvalue weighted by Crippen LogP contribution is 2.18. The smallest absolute Gasteiger partial charge is 0.291 e. The molecule has 0 atom stereocenters. The van der Waals surface area contributed by atoms with Crippen molar-refractivity contribution in [2.24, 2.45) is 0 Å². The first-order valence-corrected chi connectivity index (χ1v) is 9.88. The Bertz CT molecular complexity index is 808. The molecule has 2 N–H and O–H groups in total. The lowest BCUT2D eigenvalue weighted by Crippen LogP contribution is -2.22. The van der Waals surface area contributed by atoms with E-state index >= 15 is 0 Å². The first-order chi connectivity index (χ1) is 11.8. The van der Waals surface area contributed by atoms with E-state index < -0.39 is 21.2 Å². The number of amides is 1. The van der Waals surface area contributed by atoms with Gasteiger partial charge in [0.15, 0.2) is 5.76 Å². The van der Waals surface area contributed by atoms with Crippen LogP contribution in [0.1, 0.15) is 49.7 Å². The second-order valence-electron chi connectivity index (χ2n) is 6.11. The minimum Gasteiger partial charge on any atom is -0.435 e. The molecule has 2 aromatic rings. The SMILES string of the molecule is CCCCc1ccc(NC(=O)c2ccc(NS(=O)(=O)C(C)C)o2)cc1. The number of nitrogens with one attached hydrogen (secondary N) is 2. The van der Waals surface area contributed by atoms with E-state index in [-0.39, 0.29) is 11.6 Å². The highest BCUT2D eigenvalue weighted by molar-refractivity contribution is 7.93. The largest absolute Gasteiger partial charge is 0.435 e. The summed E-state index contributed by atoms with van der Waals surface area (Å²) < 4.78 is 31.2. The van der Waals surface area contributed by atoms with Gasteiger partial charge in [-0.3, -0.25) is 9.52 Å². The molecule has 6 nitrogen and oxygen atoms in total. The van der Waals surface area contributed by atoms with Crippen LogP contribution < -0.4 is 10.0 Å². The van der Waals surface area contributed by atoms with E-state index in [1.54, 1.807) is 13.8 Å². The molecule has 0 fully saturated rings. The molecule has 1 heterocycles. The lowest BCUT2D eigenvalue weighted by atomic mass is 10.1. The van der Waals surface area contributed by atoms with Crippen molar-refractivity contribution in [1.29, 1.82) is 0 Å². The van der Waals surface area contributed by atoms with Crippen molar-refractivity contribution in [1.82, 2.24) is 0 Å². The lowest BCUT2D eigenvalue weighted by Gasteiger charge is -2.08. The fourth-order valence-electron chi connectivity index (χ4n) is 2.10. The van der Waals surface area contributed by atoms with Crippen LogP contribution in [0.3, 0.4) is 0 Å². The molecular formula is C18H24N2O4S. The van der Waals surface area contributed by atoms with Gasteiger partial charge in [-0.05, 0) is 50.5 Å². The van der Waals surface area contributed by atoms with Crippen molar-refractivity contribution in [2.75, 3.05) is 10.0 Å². The minimum atomic E-state index is -3.51. The Morgan fingerprint density at radius 2 is 1.80 bits per heavy atom. The minimum absolute atomic E-state index is 0.0220. The summed E-state index contributed by atoms with van der Waals surface area (Å²) in [6.07, 6.45) is 3.29. The number of rotatable bonds is 8. The molecule has 1 amide bonds. The summed E-state index contributed by atoms with van der Waals surface area (Å²) in [4.78, 5) is 12.2. The Hall–Kier alpha value is -2.28. The lowest BCUT2D eigenvalue weighted by molar-refractivity contribution is 0.0997. The Kier molecular flexibility index (Phi) is 6.25. The third-order valence-corrected chi connectivity index (χ3v) is 5.45. The molecule has 0 aliphatic heterocycles. The maximum Gasteiger partial charge on any atom is 0.291 e. The molecule has 25 heavy (non-hydrogen) atoms. The van der Waals surface area contributed by atoms with Crippen LogP contribution in [0.15, 0.2) is 40.8 Å². The zero-order chi connectivity index (χ0) is 18.4. The molecule has 0 bridgehead atoms. The third-order valence-electron chi connectivity index (χ3n) is 3.72. The van der Waals surface area contributed by atoms with Gasteiger partial charge in [-0.2, -0.15) is 0 Å². The number of benzene rings is 1. The van der Waals surface area contributed by atoms with Gasteiger partial charge in [0.2, 0.25) is 15.9 Å². The van der Waals surface area contributed by atoms with Crippen molar-refractivity contribution < 1.29 is 17.6 Å². The molecule has 136 valence electrons.